The van der Waals surface area contributed by atoms with Gasteiger partial charge in [-0.05, 0) is 19.8 Å². The highest BCUT2D eigenvalue weighted by Gasteiger charge is 2.44. The van der Waals surface area contributed by atoms with Crippen molar-refractivity contribution in [3.05, 3.63) is 0 Å². The molecule has 0 aromatic heterocycles. The van der Waals surface area contributed by atoms with Crippen molar-refractivity contribution in [2.45, 2.75) is 31.4 Å². The minimum Gasteiger partial charge on any atom is -0.368 e. The number of piperazine rings is 1. The minimum absolute atomic E-state index is 0.111. The predicted octanol–water partition coefficient (Wildman–Crippen LogP) is -1.16. The van der Waals surface area contributed by atoms with Crippen LogP contribution in [0.2, 0.25) is 0 Å². The maximum absolute atomic E-state index is 12.4. The molecule has 2 unspecified atom stereocenters. The van der Waals surface area contributed by atoms with E-state index in [9.17, 15) is 9.59 Å². The van der Waals surface area contributed by atoms with Crippen LogP contribution in [0.25, 0.3) is 0 Å². The third-order valence-corrected chi connectivity index (χ3v) is 3.50. The average Bonchev–Trinajstić information content (AvgIpc) is 2.76. The number of amides is 2. The molecule has 0 radical (unpaired) electrons. The summed E-state index contributed by atoms with van der Waals surface area (Å²) in [4.78, 5) is 25.3. The van der Waals surface area contributed by atoms with Crippen molar-refractivity contribution >= 4 is 11.8 Å². The minimum atomic E-state index is -0.773. The first-order valence-electron chi connectivity index (χ1n) is 6.00. The van der Waals surface area contributed by atoms with Crippen molar-refractivity contribution in [2.75, 3.05) is 26.2 Å². The van der Waals surface area contributed by atoms with Gasteiger partial charge < -0.3 is 20.7 Å². The van der Waals surface area contributed by atoms with E-state index < -0.39 is 17.6 Å². The lowest BCUT2D eigenvalue weighted by atomic mass is 9.99. The molecule has 2 aliphatic heterocycles. The van der Waals surface area contributed by atoms with Gasteiger partial charge in [-0.2, -0.15) is 0 Å². The molecule has 2 aliphatic rings. The Kier molecular flexibility index (Phi) is 3.35. The van der Waals surface area contributed by atoms with Crippen molar-refractivity contribution in [1.29, 1.82) is 0 Å². The summed E-state index contributed by atoms with van der Waals surface area (Å²) in [6.45, 7) is 4.02. The van der Waals surface area contributed by atoms with E-state index in [1.165, 1.54) is 0 Å². The molecule has 2 heterocycles. The summed E-state index contributed by atoms with van der Waals surface area (Å²) < 4.78 is 5.52. The molecule has 0 aromatic carbocycles. The number of rotatable bonds is 2. The average molecular weight is 241 g/mol. The summed E-state index contributed by atoms with van der Waals surface area (Å²) >= 11 is 0. The molecule has 2 amide bonds. The Morgan fingerprint density at radius 1 is 1.53 bits per heavy atom. The van der Waals surface area contributed by atoms with Gasteiger partial charge in [-0.25, -0.2) is 0 Å². The molecule has 96 valence electrons. The second-order valence-electron chi connectivity index (χ2n) is 4.80. The summed E-state index contributed by atoms with van der Waals surface area (Å²) in [6.07, 6.45) is 1.59. The number of hydrogen-bond donors (Lipinski definition) is 2. The second kappa shape index (κ2) is 4.62. The molecule has 2 saturated heterocycles. The lowest BCUT2D eigenvalue weighted by Crippen LogP contribution is -2.62. The van der Waals surface area contributed by atoms with E-state index in [2.05, 4.69) is 5.32 Å². The monoisotopic (exact) mass is 241 g/mol. The number of nitrogens with two attached hydrogens (primary N) is 1. The van der Waals surface area contributed by atoms with Crippen LogP contribution in [0.5, 0.6) is 0 Å². The predicted molar refractivity (Wildman–Crippen MR) is 61.2 cm³/mol. The van der Waals surface area contributed by atoms with Crippen LogP contribution in [0.3, 0.4) is 0 Å². The van der Waals surface area contributed by atoms with Gasteiger partial charge >= 0.3 is 0 Å². The lowest BCUT2D eigenvalue weighted by Gasteiger charge is -2.38. The van der Waals surface area contributed by atoms with Crippen molar-refractivity contribution in [1.82, 2.24) is 10.2 Å². The molecule has 17 heavy (non-hydrogen) atoms. The Hall–Kier alpha value is -1.14. The number of carbonyl (C=O) groups is 2. The Morgan fingerprint density at radius 2 is 2.29 bits per heavy atom. The number of nitrogens with one attached hydrogen (secondary N) is 1. The first-order chi connectivity index (χ1) is 8.04. The molecule has 0 aromatic rings. The Bertz CT molecular complexity index is 326. The molecule has 0 aliphatic carbocycles. The van der Waals surface area contributed by atoms with Crippen molar-refractivity contribution in [3.63, 3.8) is 0 Å². The first-order valence-corrected chi connectivity index (χ1v) is 6.00. The molecule has 3 N–H and O–H groups in total. The van der Waals surface area contributed by atoms with Crippen LogP contribution < -0.4 is 11.1 Å². The zero-order chi connectivity index (χ0) is 12.5. The lowest BCUT2D eigenvalue weighted by molar-refractivity contribution is -0.156. The SMILES string of the molecule is CC1(C(=O)N2CCNCC2C(N)=O)CCCO1. The van der Waals surface area contributed by atoms with Gasteiger partial charge in [-0.15, -0.1) is 0 Å². The van der Waals surface area contributed by atoms with Crippen LogP contribution in [-0.2, 0) is 14.3 Å². The summed E-state index contributed by atoms with van der Waals surface area (Å²) in [6, 6.07) is -0.558. The van der Waals surface area contributed by atoms with Gasteiger partial charge in [-0.3, -0.25) is 9.59 Å². The van der Waals surface area contributed by atoms with Crippen molar-refractivity contribution in [3.8, 4) is 0 Å². The molecular weight excluding hydrogens is 222 g/mol. The van der Waals surface area contributed by atoms with E-state index in [0.29, 0.717) is 32.7 Å². The maximum atomic E-state index is 12.4. The standard InChI is InChI=1S/C11H19N3O3/c1-11(3-2-6-17-11)10(16)14-5-4-13-7-8(14)9(12)15/h8,13H,2-7H2,1H3,(H2,12,15). The van der Waals surface area contributed by atoms with E-state index in [4.69, 9.17) is 10.5 Å². The fourth-order valence-electron chi connectivity index (χ4n) is 2.45. The van der Waals surface area contributed by atoms with Gasteiger partial charge in [0.2, 0.25) is 5.91 Å². The van der Waals surface area contributed by atoms with Gasteiger partial charge in [-0.1, -0.05) is 0 Å². The highest BCUT2D eigenvalue weighted by Crippen LogP contribution is 2.28. The quantitative estimate of drug-likeness (QED) is 0.639. The van der Waals surface area contributed by atoms with Crippen molar-refractivity contribution < 1.29 is 14.3 Å². The van der Waals surface area contributed by atoms with Crippen LogP contribution in [0.15, 0.2) is 0 Å². The molecule has 2 fully saturated rings. The molecule has 6 nitrogen and oxygen atoms in total. The van der Waals surface area contributed by atoms with Crippen LogP contribution in [-0.4, -0.2) is 54.6 Å². The highest BCUT2D eigenvalue weighted by atomic mass is 16.5. The fraction of sp³-hybridized carbons (Fsp3) is 0.818. The fourth-order valence-corrected chi connectivity index (χ4v) is 2.45. The molecule has 6 heteroatoms. The van der Waals surface area contributed by atoms with E-state index in [1.807, 2.05) is 0 Å². The van der Waals surface area contributed by atoms with Gasteiger partial charge in [0.25, 0.3) is 5.91 Å². The summed E-state index contributed by atoms with van der Waals surface area (Å²) in [5.74, 6) is -0.576. The summed E-state index contributed by atoms with van der Waals surface area (Å²) in [5, 5.41) is 3.07. The third-order valence-electron chi connectivity index (χ3n) is 3.50. The topological polar surface area (TPSA) is 84.7 Å². The number of primary amides is 1. The van der Waals surface area contributed by atoms with Gasteiger partial charge in [0, 0.05) is 26.2 Å². The molecule has 2 rings (SSSR count). The number of hydrogen-bond acceptors (Lipinski definition) is 4. The maximum Gasteiger partial charge on any atom is 0.255 e. The smallest absolute Gasteiger partial charge is 0.255 e. The van der Waals surface area contributed by atoms with E-state index in [1.54, 1.807) is 11.8 Å². The largest absolute Gasteiger partial charge is 0.368 e. The van der Waals surface area contributed by atoms with Crippen LogP contribution in [0.1, 0.15) is 19.8 Å². The molecule has 0 saturated carbocycles. The van der Waals surface area contributed by atoms with Crippen LogP contribution in [0, 0.1) is 0 Å². The Labute approximate surface area is 100 Å². The van der Waals surface area contributed by atoms with Crippen LogP contribution >= 0.6 is 0 Å². The number of carbonyl (C=O) groups excluding carboxylic acids is 2. The number of nitrogens with zero attached hydrogens (tertiary/aromatic N) is 1. The highest BCUT2D eigenvalue weighted by molar-refractivity contribution is 5.91. The van der Waals surface area contributed by atoms with Gasteiger partial charge in [0.15, 0.2) is 0 Å². The molecule has 2 atom stereocenters. The van der Waals surface area contributed by atoms with Crippen LogP contribution in [0.4, 0.5) is 0 Å². The van der Waals surface area contributed by atoms with Gasteiger partial charge in [0.1, 0.15) is 11.6 Å². The van der Waals surface area contributed by atoms with E-state index >= 15 is 0 Å². The first kappa shape index (κ1) is 12.3. The molecule has 0 spiro atoms. The zero-order valence-corrected chi connectivity index (χ0v) is 10.1. The summed E-state index contributed by atoms with van der Waals surface area (Å²) in [5.41, 5.74) is 4.55. The van der Waals surface area contributed by atoms with Gasteiger partial charge in [0.05, 0.1) is 0 Å². The molecular formula is C11H19N3O3. The Morgan fingerprint density at radius 3 is 2.88 bits per heavy atom. The Balaban J connectivity index is 2.13. The number of ether oxygens (including phenoxy) is 1. The van der Waals surface area contributed by atoms with E-state index in [-0.39, 0.29) is 5.91 Å². The third kappa shape index (κ3) is 2.28. The van der Waals surface area contributed by atoms with E-state index in [0.717, 1.165) is 6.42 Å². The zero-order valence-electron chi connectivity index (χ0n) is 10.1. The summed E-state index contributed by atoms with van der Waals surface area (Å²) in [7, 11) is 0. The second-order valence-corrected chi connectivity index (χ2v) is 4.80. The normalized spacial score (nSPS) is 33.7. The van der Waals surface area contributed by atoms with Crippen molar-refractivity contribution in [2.24, 2.45) is 5.73 Å². The molecule has 0 bridgehead atoms.